The second-order valence-corrected chi connectivity index (χ2v) is 7.42. The van der Waals surface area contributed by atoms with Crippen molar-refractivity contribution in [1.29, 1.82) is 0 Å². The van der Waals surface area contributed by atoms with Crippen LogP contribution in [0.1, 0.15) is 37.0 Å². The molecule has 5 heteroatoms. The first-order chi connectivity index (χ1) is 11.4. The molecule has 1 aliphatic rings. The van der Waals surface area contributed by atoms with Crippen molar-refractivity contribution in [3.8, 4) is 0 Å². The Kier molecular flexibility index (Phi) is 7.08. The first-order valence-electron chi connectivity index (χ1n) is 8.69. The summed E-state index contributed by atoms with van der Waals surface area (Å²) in [4.78, 5) is 17.2. The van der Waals surface area contributed by atoms with E-state index in [2.05, 4.69) is 18.7 Å². The molecule has 1 fully saturated rings. The van der Waals surface area contributed by atoms with Crippen molar-refractivity contribution < 1.29 is 9.53 Å². The van der Waals surface area contributed by atoms with Crippen LogP contribution in [0, 0.1) is 5.92 Å². The van der Waals surface area contributed by atoms with Crippen molar-refractivity contribution in [3.63, 3.8) is 0 Å². The van der Waals surface area contributed by atoms with E-state index in [0.717, 1.165) is 19.7 Å². The second kappa shape index (κ2) is 8.84. The molecular formula is C19H29ClN2O2. The fourth-order valence-electron chi connectivity index (χ4n) is 3.48. The van der Waals surface area contributed by atoms with E-state index >= 15 is 0 Å². The van der Waals surface area contributed by atoms with Gasteiger partial charge in [-0.1, -0.05) is 25.4 Å². The van der Waals surface area contributed by atoms with Gasteiger partial charge in [0.05, 0.1) is 6.61 Å². The van der Waals surface area contributed by atoms with Crippen LogP contribution in [0.5, 0.6) is 0 Å². The summed E-state index contributed by atoms with van der Waals surface area (Å²) in [6, 6.07) is 7.76. The predicted molar refractivity (Wildman–Crippen MR) is 98.6 cm³/mol. The number of nitrogens with zero attached hydrogens (tertiary/aromatic N) is 2. The summed E-state index contributed by atoms with van der Waals surface area (Å²) in [7, 11) is 3.66. The molecule has 0 radical (unpaired) electrons. The average Bonchev–Trinajstić information content (AvgIpc) is 2.99. The largest absolute Gasteiger partial charge is 0.383 e. The van der Waals surface area contributed by atoms with Gasteiger partial charge in [-0.25, -0.2) is 0 Å². The molecule has 2 unspecified atom stereocenters. The average molecular weight is 353 g/mol. The first kappa shape index (κ1) is 19.2. The van der Waals surface area contributed by atoms with Gasteiger partial charge in [-0.05, 0) is 49.6 Å². The molecule has 24 heavy (non-hydrogen) atoms. The Labute approximate surface area is 150 Å². The molecule has 2 atom stereocenters. The highest BCUT2D eigenvalue weighted by Gasteiger charge is 2.31. The lowest BCUT2D eigenvalue weighted by atomic mass is 10.0. The monoisotopic (exact) mass is 352 g/mol. The molecule has 1 saturated heterocycles. The molecular weight excluding hydrogens is 324 g/mol. The molecule has 0 aromatic heterocycles. The number of methoxy groups -OCH3 is 1. The summed E-state index contributed by atoms with van der Waals surface area (Å²) in [6.45, 7) is 7.09. The van der Waals surface area contributed by atoms with E-state index in [1.165, 1.54) is 12.8 Å². The Bertz CT molecular complexity index is 533. The van der Waals surface area contributed by atoms with Gasteiger partial charge in [-0.2, -0.15) is 0 Å². The third-order valence-corrected chi connectivity index (χ3v) is 5.21. The summed E-state index contributed by atoms with van der Waals surface area (Å²) in [5.74, 6) is 0.433. The van der Waals surface area contributed by atoms with Crippen LogP contribution < -0.4 is 0 Å². The molecule has 0 N–H and O–H groups in total. The Balaban J connectivity index is 2.08. The van der Waals surface area contributed by atoms with Gasteiger partial charge < -0.3 is 9.64 Å². The first-order valence-corrected chi connectivity index (χ1v) is 9.07. The standard InChI is InChI=1S/C19H29ClN2O2/c1-14(2)18(12-22-11-5-6-17(22)13-24-4)21(3)19(23)15-7-9-16(20)10-8-15/h7-10,14,17-18H,5-6,11-13H2,1-4H3. The van der Waals surface area contributed by atoms with Crippen LogP contribution in [0.3, 0.4) is 0 Å². The number of carbonyl (C=O) groups is 1. The van der Waals surface area contributed by atoms with Gasteiger partial charge in [0, 0.05) is 43.4 Å². The van der Waals surface area contributed by atoms with Crippen molar-refractivity contribution in [2.75, 3.05) is 33.9 Å². The number of carbonyl (C=O) groups excluding carboxylic acids is 1. The van der Waals surface area contributed by atoms with Gasteiger partial charge in [-0.15, -0.1) is 0 Å². The molecule has 0 bridgehead atoms. The van der Waals surface area contributed by atoms with Crippen LogP contribution in [0.4, 0.5) is 0 Å². The van der Waals surface area contributed by atoms with E-state index in [9.17, 15) is 4.79 Å². The number of amides is 1. The lowest BCUT2D eigenvalue weighted by molar-refractivity contribution is 0.0555. The van der Waals surface area contributed by atoms with Gasteiger partial charge >= 0.3 is 0 Å². The van der Waals surface area contributed by atoms with Crippen molar-refractivity contribution in [2.24, 2.45) is 5.92 Å². The Hall–Kier alpha value is -1.10. The van der Waals surface area contributed by atoms with Gasteiger partial charge in [0.1, 0.15) is 0 Å². The van der Waals surface area contributed by atoms with Crippen molar-refractivity contribution >= 4 is 17.5 Å². The third kappa shape index (κ3) is 4.71. The van der Waals surface area contributed by atoms with Crippen LogP contribution in [0.15, 0.2) is 24.3 Å². The number of rotatable bonds is 7. The zero-order chi connectivity index (χ0) is 17.7. The van der Waals surface area contributed by atoms with Crippen molar-refractivity contribution in [3.05, 3.63) is 34.9 Å². The van der Waals surface area contributed by atoms with Crippen LogP contribution in [-0.4, -0.2) is 61.6 Å². The Morgan fingerprint density at radius 3 is 2.62 bits per heavy atom. The quantitative estimate of drug-likeness (QED) is 0.752. The fourth-order valence-corrected chi connectivity index (χ4v) is 3.61. The maximum Gasteiger partial charge on any atom is 0.253 e. The zero-order valence-corrected chi connectivity index (χ0v) is 15.9. The van der Waals surface area contributed by atoms with Crippen molar-refractivity contribution in [1.82, 2.24) is 9.80 Å². The fraction of sp³-hybridized carbons (Fsp3) is 0.632. The van der Waals surface area contributed by atoms with Gasteiger partial charge in [0.15, 0.2) is 0 Å². The highest BCUT2D eigenvalue weighted by molar-refractivity contribution is 6.30. The van der Waals surface area contributed by atoms with E-state index in [0.29, 0.717) is 22.5 Å². The van der Waals surface area contributed by atoms with E-state index in [-0.39, 0.29) is 11.9 Å². The van der Waals surface area contributed by atoms with Crippen LogP contribution >= 0.6 is 11.6 Å². The number of benzene rings is 1. The SMILES string of the molecule is COCC1CCCN1CC(C(C)C)N(C)C(=O)c1ccc(Cl)cc1. The summed E-state index contributed by atoms with van der Waals surface area (Å²) in [6.07, 6.45) is 2.38. The molecule has 1 amide bonds. The molecule has 1 aliphatic heterocycles. The summed E-state index contributed by atoms with van der Waals surface area (Å²) >= 11 is 5.92. The Morgan fingerprint density at radius 1 is 1.38 bits per heavy atom. The molecule has 0 spiro atoms. The van der Waals surface area contributed by atoms with Gasteiger partial charge in [-0.3, -0.25) is 9.69 Å². The molecule has 2 rings (SSSR count). The summed E-state index contributed by atoms with van der Waals surface area (Å²) in [5.41, 5.74) is 0.683. The van der Waals surface area contributed by atoms with E-state index in [1.54, 1.807) is 31.4 Å². The zero-order valence-electron chi connectivity index (χ0n) is 15.2. The normalized spacial score (nSPS) is 19.7. The number of likely N-dealkylation sites (N-methyl/N-ethyl adjacent to an activating group) is 1. The number of halogens is 1. The molecule has 4 nitrogen and oxygen atoms in total. The minimum atomic E-state index is 0.0489. The smallest absolute Gasteiger partial charge is 0.253 e. The van der Waals surface area contributed by atoms with Gasteiger partial charge in [0.2, 0.25) is 0 Å². The maximum absolute atomic E-state index is 12.8. The minimum absolute atomic E-state index is 0.0489. The minimum Gasteiger partial charge on any atom is -0.383 e. The lowest BCUT2D eigenvalue weighted by Crippen LogP contribution is -2.49. The third-order valence-electron chi connectivity index (χ3n) is 4.96. The molecule has 0 aliphatic carbocycles. The number of hydrogen-bond donors (Lipinski definition) is 0. The van der Waals surface area contributed by atoms with E-state index < -0.39 is 0 Å². The molecule has 1 aromatic rings. The molecule has 0 saturated carbocycles. The van der Waals surface area contributed by atoms with Crippen LogP contribution in [0.2, 0.25) is 5.02 Å². The second-order valence-electron chi connectivity index (χ2n) is 6.98. The van der Waals surface area contributed by atoms with E-state index in [1.807, 2.05) is 11.9 Å². The number of hydrogen-bond acceptors (Lipinski definition) is 3. The van der Waals surface area contributed by atoms with Crippen LogP contribution in [-0.2, 0) is 4.74 Å². The summed E-state index contributed by atoms with van der Waals surface area (Å²) < 4.78 is 5.35. The predicted octanol–water partition coefficient (Wildman–Crippen LogP) is 3.55. The molecule has 1 heterocycles. The topological polar surface area (TPSA) is 32.8 Å². The maximum atomic E-state index is 12.8. The number of ether oxygens (including phenoxy) is 1. The summed E-state index contributed by atoms with van der Waals surface area (Å²) in [5, 5.41) is 0.647. The van der Waals surface area contributed by atoms with Crippen LogP contribution in [0.25, 0.3) is 0 Å². The van der Waals surface area contributed by atoms with Gasteiger partial charge in [0.25, 0.3) is 5.91 Å². The lowest BCUT2D eigenvalue weighted by Gasteiger charge is -2.36. The van der Waals surface area contributed by atoms with E-state index in [4.69, 9.17) is 16.3 Å². The highest BCUT2D eigenvalue weighted by atomic mass is 35.5. The Morgan fingerprint density at radius 2 is 2.04 bits per heavy atom. The molecule has 134 valence electrons. The molecule has 1 aromatic carbocycles. The number of likely N-dealkylation sites (tertiary alicyclic amines) is 1. The highest BCUT2D eigenvalue weighted by Crippen LogP contribution is 2.22. The van der Waals surface area contributed by atoms with Crippen molar-refractivity contribution in [2.45, 2.75) is 38.8 Å².